The molecule has 3 aromatic rings. The molecule has 4 nitrogen and oxygen atoms in total. The van der Waals surface area contributed by atoms with Gasteiger partial charge in [-0.25, -0.2) is 0 Å². The van der Waals surface area contributed by atoms with Crippen LogP contribution in [0.4, 0.5) is 5.69 Å². The normalized spacial score (nSPS) is 14.0. The number of para-hydroxylation sites is 1. The van der Waals surface area contributed by atoms with Crippen LogP contribution in [0.5, 0.6) is 5.75 Å². The fourth-order valence-corrected chi connectivity index (χ4v) is 3.81. The first-order valence-corrected chi connectivity index (χ1v) is 8.12. The summed E-state index contributed by atoms with van der Waals surface area (Å²) in [7, 11) is 0. The summed E-state index contributed by atoms with van der Waals surface area (Å²) in [6.07, 6.45) is 0. The lowest BCUT2D eigenvalue weighted by atomic mass is 9.82. The standard InChI is InChI=1S/C21H17NO3/c1-21(2)17-9-5-3-7-13(17)15-11-16(20(23)12-18(15)21)14-8-4-6-10-19(14)22(24)25/h3-12,23H,1-2H3. The molecule has 0 bridgehead atoms. The average molecular weight is 331 g/mol. The van der Waals surface area contributed by atoms with Crippen LogP contribution in [0.3, 0.4) is 0 Å². The smallest absolute Gasteiger partial charge is 0.277 e. The third-order valence-electron chi connectivity index (χ3n) is 5.09. The molecule has 0 radical (unpaired) electrons. The van der Waals surface area contributed by atoms with E-state index in [2.05, 4.69) is 26.0 Å². The summed E-state index contributed by atoms with van der Waals surface area (Å²) in [6.45, 7) is 4.25. The van der Waals surface area contributed by atoms with Crippen LogP contribution in [0.1, 0.15) is 25.0 Å². The van der Waals surface area contributed by atoms with Crippen LogP contribution in [0.15, 0.2) is 60.7 Å². The quantitative estimate of drug-likeness (QED) is 0.513. The molecule has 0 atom stereocenters. The Balaban J connectivity index is 2.01. The van der Waals surface area contributed by atoms with E-state index in [9.17, 15) is 15.2 Å². The van der Waals surface area contributed by atoms with Crippen molar-refractivity contribution in [3.63, 3.8) is 0 Å². The van der Waals surface area contributed by atoms with Gasteiger partial charge in [-0.3, -0.25) is 10.1 Å². The zero-order valence-corrected chi connectivity index (χ0v) is 14.0. The molecule has 3 aromatic carbocycles. The Morgan fingerprint density at radius 2 is 1.48 bits per heavy atom. The number of rotatable bonds is 2. The first-order chi connectivity index (χ1) is 11.9. The molecule has 4 rings (SSSR count). The fraction of sp³-hybridized carbons (Fsp3) is 0.143. The van der Waals surface area contributed by atoms with Crippen molar-refractivity contribution in [3.8, 4) is 28.0 Å². The van der Waals surface area contributed by atoms with Gasteiger partial charge in [0, 0.05) is 17.0 Å². The van der Waals surface area contributed by atoms with Gasteiger partial charge in [0.2, 0.25) is 0 Å². The first kappa shape index (κ1) is 15.4. The van der Waals surface area contributed by atoms with Crippen molar-refractivity contribution in [3.05, 3.63) is 81.9 Å². The summed E-state index contributed by atoms with van der Waals surface area (Å²) >= 11 is 0. The van der Waals surface area contributed by atoms with Crippen LogP contribution in [0, 0.1) is 10.1 Å². The van der Waals surface area contributed by atoms with Gasteiger partial charge in [-0.05, 0) is 40.5 Å². The van der Waals surface area contributed by atoms with Crippen molar-refractivity contribution < 1.29 is 10.0 Å². The number of aromatic hydroxyl groups is 1. The maximum atomic E-state index is 11.4. The van der Waals surface area contributed by atoms with E-state index in [0.29, 0.717) is 11.1 Å². The van der Waals surface area contributed by atoms with Crippen LogP contribution < -0.4 is 0 Å². The van der Waals surface area contributed by atoms with Gasteiger partial charge in [-0.2, -0.15) is 0 Å². The number of hydrogen-bond donors (Lipinski definition) is 1. The number of phenols is 1. The summed E-state index contributed by atoms with van der Waals surface area (Å²) in [5.74, 6) is 0.0638. The Kier molecular flexibility index (Phi) is 3.19. The molecule has 1 aliphatic carbocycles. The number of nitrogens with zero attached hydrogens (tertiary/aromatic N) is 1. The number of hydrogen-bond acceptors (Lipinski definition) is 3. The second kappa shape index (κ2) is 5.18. The molecule has 0 aliphatic heterocycles. The van der Waals surface area contributed by atoms with Crippen molar-refractivity contribution in [1.82, 2.24) is 0 Å². The van der Waals surface area contributed by atoms with Crippen molar-refractivity contribution in [1.29, 1.82) is 0 Å². The lowest BCUT2D eigenvalue weighted by Crippen LogP contribution is -2.14. The Hall–Kier alpha value is -3.14. The minimum absolute atomic E-state index is 0.0108. The Morgan fingerprint density at radius 1 is 0.840 bits per heavy atom. The van der Waals surface area contributed by atoms with Gasteiger partial charge in [0.15, 0.2) is 0 Å². The van der Waals surface area contributed by atoms with Crippen molar-refractivity contribution in [2.24, 2.45) is 0 Å². The summed E-state index contributed by atoms with van der Waals surface area (Å²) < 4.78 is 0. The summed E-state index contributed by atoms with van der Waals surface area (Å²) in [5, 5.41) is 22.0. The van der Waals surface area contributed by atoms with Gasteiger partial charge in [-0.15, -0.1) is 0 Å². The number of phenolic OH excluding ortho intramolecular Hbond substituents is 1. The topological polar surface area (TPSA) is 63.4 Å². The summed E-state index contributed by atoms with van der Waals surface area (Å²) in [6, 6.07) is 18.3. The molecule has 4 heteroatoms. The second-order valence-corrected chi connectivity index (χ2v) is 6.86. The maximum Gasteiger partial charge on any atom is 0.277 e. The van der Waals surface area contributed by atoms with Crippen LogP contribution in [-0.2, 0) is 5.41 Å². The minimum atomic E-state index is -0.417. The lowest BCUT2D eigenvalue weighted by Gasteiger charge is -2.21. The number of benzene rings is 3. The van der Waals surface area contributed by atoms with Crippen LogP contribution in [0.2, 0.25) is 0 Å². The molecular formula is C21H17NO3. The third-order valence-corrected chi connectivity index (χ3v) is 5.09. The van der Waals surface area contributed by atoms with E-state index in [4.69, 9.17) is 0 Å². The predicted octanol–water partition coefficient (Wildman–Crippen LogP) is 5.27. The minimum Gasteiger partial charge on any atom is -0.507 e. The Bertz CT molecular complexity index is 1020. The van der Waals surface area contributed by atoms with E-state index in [1.807, 2.05) is 18.2 Å². The van der Waals surface area contributed by atoms with Crippen molar-refractivity contribution in [2.45, 2.75) is 19.3 Å². The number of nitro benzene ring substituents is 1. The van der Waals surface area contributed by atoms with Crippen molar-refractivity contribution >= 4 is 5.69 Å². The molecule has 1 aliphatic rings. The number of nitro groups is 1. The highest BCUT2D eigenvalue weighted by molar-refractivity contribution is 5.88. The average Bonchev–Trinajstić information content (AvgIpc) is 2.82. The molecule has 0 unspecified atom stereocenters. The van der Waals surface area contributed by atoms with E-state index >= 15 is 0 Å². The molecule has 0 fully saturated rings. The highest BCUT2D eigenvalue weighted by atomic mass is 16.6. The molecule has 1 N–H and O–H groups in total. The second-order valence-electron chi connectivity index (χ2n) is 6.86. The van der Waals surface area contributed by atoms with Gasteiger partial charge in [0.1, 0.15) is 5.75 Å². The molecule has 0 amide bonds. The van der Waals surface area contributed by atoms with Crippen LogP contribution in [0.25, 0.3) is 22.3 Å². The summed E-state index contributed by atoms with van der Waals surface area (Å²) in [4.78, 5) is 10.9. The molecule has 25 heavy (non-hydrogen) atoms. The lowest BCUT2D eigenvalue weighted by molar-refractivity contribution is -0.384. The summed E-state index contributed by atoms with van der Waals surface area (Å²) in [5.41, 5.74) is 5.05. The predicted molar refractivity (Wildman–Crippen MR) is 97.8 cm³/mol. The van der Waals surface area contributed by atoms with E-state index < -0.39 is 4.92 Å². The molecule has 0 spiro atoms. The van der Waals surface area contributed by atoms with Gasteiger partial charge in [0.25, 0.3) is 5.69 Å². The zero-order chi connectivity index (χ0) is 17.8. The van der Waals surface area contributed by atoms with E-state index in [-0.39, 0.29) is 16.9 Å². The molecule has 0 aromatic heterocycles. The first-order valence-electron chi connectivity index (χ1n) is 8.12. The van der Waals surface area contributed by atoms with Gasteiger partial charge in [0.05, 0.1) is 10.5 Å². The van der Waals surface area contributed by atoms with Gasteiger partial charge < -0.3 is 5.11 Å². The Morgan fingerprint density at radius 3 is 2.20 bits per heavy atom. The number of fused-ring (bicyclic) bond motifs is 3. The van der Waals surface area contributed by atoms with Gasteiger partial charge in [-0.1, -0.05) is 50.2 Å². The Labute approximate surface area is 145 Å². The molecular weight excluding hydrogens is 314 g/mol. The van der Waals surface area contributed by atoms with Crippen LogP contribution in [-0.4, -0.2) is 10.0 Å². The van der Waals surface area contributed by atoms with Crippen molar-refractivity contribution in [2.75, 3.05) is 0 Å². The molecule has 0 saturated carbocycles. The maximum absolute atomic E-state index is 11.4. The van der Waals surface area contributed by atoms with E-state index in [1.54, 1.807) is 24.3 Å². The molecule has 124 valence electrons. The highest BCUT2D eigenvalue weighted by Gasteiger charge is 2.36. The zero-order valence-electron chi connectivity index (χ0n) is 14.0. The van der Waals surface area contributed by atoms with Crippen LogP contribution >= 0.6 is 0 Å². The highest BCUT2D eigenvalue weighted by Crippen LogP contribution is 2.52. The van der Waals surface area contributed by atoms with E-state index in [1.165, 1.54) is 11.6 Å². The fourth-order valence-electron chi connectivity index (χ4n) is 3.81. The van der Waals surface area contributed by atoms with Gasteiger partial charge >= 0.3 is 0 Å². The third kappa shape index (κ3) is 2.14. The molecule has 0 heterocycles. The monoisotopic (exact) mass is 331 g/mol. The van der Waals surface area contributed by atoms with E-state index in [0.717, 1.165) is 16.7 Å². The largest absolute Gasteiger partial charge is 0.507 e. The SMILES string of the molecule is CC1(C)c2ccccc2-c2cc(-c3ccccc3[N+](=O)[O-])c(O)cc21. The molecule has 0 saturated heterocycles.